The molecule has 0 bridgehead atoms. The van der Waals surface area contributed by atoms with Crippen molar-refractivity contribution in [2.75, 3.05) is 0 Å². The van der Waals surface area contributed by atoms with Gasteiger partial charge in [0.15, 0.2) is 5.78 Å². The topological polar surface area (TPSA) is 76.0 Å². The molecule has 0 fully saturated rings. The van der Waals surface area contributed by atoms with Crippen molar-refractivity contribution in [2.24, 2.45) is 11.8 Å². The van der Waals surface area contributed by atoms with Crippen LogP contribution in [0.25, 0.3) is 43.5 Å². The van der Waals surface area contributed by atoms with Crippen molar-refractivity contribution in [3.63, 3.8) is 0 Å². The van der Waals surface area contributed by atoms with Gasteiger partial charge in [-0.15, -0.1) is 40.5 Å². The fourth-order valence-electron chi connectivity index (χ4n) is 5.43. The number of ketones is 1. The van der Waals surface area contributed by atoms with E-state index in [9.17, 15) is 9.90 Å². The third-order valence-electron chi connectivity index (χ3n) is 8.21. The number of benzene rings is 2. The van der Waals surface area contributed by atoms with Gasteiger partial charge in [-0.1, -0.05) is 77.6 Å². The maximum Gasteiger partial charge on any atom is 0.162 e. The maximum atomic E-state index is 11.7. The minimum Gasteiger partial charge on any atom is -0.512 e. The van der Waals surface area contributed by atoms with Crippen molar-refractivity contribution in [3.8, 4) is 22.5 Å². The molecule has 0 saturated carbocycles. The van der Waals surface area contributed by atoms with Gasteiger partial charge >= 0.3 is 0 Å². The molecule has 0 amide bonds. The average Bonchev–Trinajstić information content (AvgIpc) is 3.50. The molecule has 1 N–H and O–H groups in total. The van der Waals surface area contributed by atoms with Gasteiger partial charge in [-0.2, -0.15) is 0 Å². The van der Waals surface area contributed by atoms with Crippen LogP contribution in [-0.4, -0.2) is 25.8 Å². The molecule has 0 unspecified atom stereocenters. The zero-order valence-corrected chi connectivity index (χ0v) is 30.6. The number of hydrogen-bond donors (Lipinski definition) is 1. The first kappa shape index (κ1) is 36.2. The van der Waals surface area contributed by atoms with Gasteiger partial charge < -0.3 is 5.11 Å². The van der Waals surface area contributed by atoms with Crippen molar-refractivity contribution >= 4 is 38.1 Å². The quantitative estimate of drug-likeness (QED) is 0.0913. The Labute approximate surface area is 285 Å². The van der Waals surface area contributed by atoms with Gasteiger partial charge in [0.2, 0.25) is 0 Å². The van der Waals surface area contributed by atoms with Crippen molar-refractivity contribution in [1.82, 2.24) is 15.0 Å². The van der Waals surface area contributed by atoms with Gasteiger partial charge in [0.25, 0.3) is 0 Å². The van der Waals surface area contributed by atoms with Crippen molar-refractivity contribution in [3.05, 3.63) is 89.9 Å². The minimum absolute atomic E-state index is 0. The monoisotopic (exact) mass is 799 g/mol. The summed E-state index contributed by atoms with van der Waals surface area (Å²) in [7, 11) is 0. The summed E-state index contributed by atoms with van der Waals surface area (Å²) in [6, 6.07) is 20.5. The van der Waals surface area contributed by atoms with Gasteiger partial charge in [-0.3, -0.25) is 9.78 Å². The maximum absolute atomic E-state index is 11.7. The van der Waals surface area contributed by atoms with Crippen LogP contribution in [0.15, 0.2) is 78.3 Å². The number of hydrogen-bond acceptors (Lipinski definition) is 6. The third kappa shape index (κ3) is 8.94. The van der Waals surface area contributed by atoms with E-state index in [4.69, 9.17) is 0 Å². The Morgan fingerprint density at radius 2 is 1.58 bits per heavy atom. The Hall–Kier alpha value is -3.25. The van der Waals surface area contributed by atoms with E-state index in [1.165, 1.54) is 17.0 Å². The smallest absolute Gasteiger partial charge is 0.162 e. The number of carbonyl (C=O) groups excluding carboxylic acids is 1. The molecule has 0 spiro atoms. The molecule has 5 nitrogen and oxygen atoms in total. The number of nitrogens with zero attached hydrogens (tertiary/aromatic N) is 3. The van der Waals surface area contributed by atoms with Crippen LogP contribution in [0.4, 0.5) is 0 Å². The van der Waals surface area contributed by atoms with Gasteiger partial charge in [-0.25, -0.2) is 9.97 Å². The summed E-state index contributed by atoms with van der Waals surface area (Å²) >= 11 is 1.65. The van der Waals surface area contributed by atoms with Crippen LogP contribution in [0.1, 0.15) is 79.7 Å². The summed E-state index contributed by atoms with van der Waals surface area (Å²) in [6.07, 6.45) is 8.42. The van der Waals surface area contributed by atoms with Crippen LogP contribution in [0, 0.1) is 17.9 Å². The molecule has 0 aliphatic heterocycles. The molecule has 5 aromatic rings. The summed E-state index contributed by atoms with van der Waals surface area (Å²) in [5.74, 6) is 0.547. The van der Waals surface area contributed by atoms with Crippen LogP contribution in [0.2, 0.25) is 0 Å². The Morgan fingerprint density at radius 3 is 2.24 bits per heavy atom. The Kier molecular flexibility index (Phi) is 13.2. The van der Waals surface area contributed by atoms with E-state index in [0.29, 0.717) is 0 Å². The molecule has 3 aromatic heterocycles. The molecule has 0 aliphatic carbocycles. The number of rotatable bonds is 9. The van der Waals surface area contributed by atoms with Crippen molar-refractivity contribution < 1.29 is 30.0 Å². The molecule has 1 radical (unpaired) electrons. The van der Waals surface area contributed by atoms with Gasteiger partial charge in [0.05, 0.1) is 11.5 Å². The van der Waals surface area contributed by atoms with E-state index in [-0.39, 0.29) is 48.9 Å². The van der Waals surface area contributed by atoms with Crippen molar-refractivity contribution in [1.29, 1.82) is 0 Å². The van der Waals surface area contributed by atoms with Crippen LogP contribution >= 0.6 is 11.3 Å². The summed E-state index contributed by atoms with van der Waals surface area (Å²) < 4.78 is 0. The zero-order valence-electron chi connectivity index (χ0n) is 27.4. The predicted molar refractivity (Wildman–Crippen MR) is 185 cm³/mol. The Balaban J connectivity index is 0.000000297. The molecule has 0 atom stereocenters. The number of pyridine rings is 1. The number of aliphatic hydroxyl groups excluding tert-OH is 1. The number of allylic oxidation sites excluding steroid dienone is 2. The average molecular weight is 799 g/mol. The summed E-state index contributed by atoms with van der Waals surface area (Å²) in [5, 5.41) is 15.3. The number of aliphatic hydroxyl groups is 1. The minimum atomic E-state index is 0. The van der Waals surface area contributed by atoms with Gasteiger partial charge in [-0.05, 0) is 54.7 Å². The van der Waals surface area contributed by atoms with E-state index in [2.05, 4.69) is 89.6 Å². The van der Waals surface area contributed by atoms with Gasteiger partial charge in [0, 0.05) is 60.9 Å². The molecule has 45 heavy (non-hydrogen) atoms. The Bertz CT molecular complexity index is 1750. The number of fused-ring (bicyclic) bond motifs is 2. The zero-order chi connectivity index (χ0) is 31.9. The van der Waals surface area contributed by atoms with Crippen LogP contribution in [0.5, 0.6) is 0 Å². The molecular formula is C38H44IrN3O2S-. The summed E-state index contributed by atoms with van der Waals surface area (Å²) in [4.78, 5) is 26.4. The van der Waals surface area contributed by atoms with E-state index in [0.717, 1.165) is 63.8 Å². The molecule has 5 rings (SSSR count). The molecule has 7 heteroatoms. The summed E-state index contributed by atoms with van der Waals surface area (Å²) in [6.45, 7) is 14.8. The van der Waals surface area contributed by atoms with Crippen LogP contribution < -0.4 is 0 Å². The first-order chi connectivity index (χ1) is 21.1. The van der Waals surface area contributed by atoms with Crippen LogP contribution in [-0.2, 0) is 30.3 Å². The fraction of sp³-hybridized carbons (Fsp3) is 0.368. The second kappa shape index (κ2) is 16.4. The molecule has 2 aromatic carbocycles. The van der Waals surface area contributed by atoms with E-state index in [1.54, 1.807) is 17.7 Å². The number of carbonyl (C=O) groups is 1. The van der Waals surface area contributed by atoms with Crippen molar-refractivity contribution in [2.45, 2.75) is 79.6 Å². The van der Waals surface area contributed by atoms with E-state index >= 15 is 0 Å². The van der Waals surface area contributed by atoms with E-state index < -0.39 is 0 Å². The normalized spacial score (nSPS) is 11.9. The summed E-state index contributed by atoms with van der Waals surface area (Å²) in [5.41, 5.74) is 5.04. The van der Waals surface area contributed by atoms with Gasteiger partial charge in [0.1, 0.15) is 11.2 Å². The Morgan fingerprint density at radius 1 is 0.911 bits per heavy atom. The molecule has 3 heterocycles. The number of aromatic nitrogens is 3. The van der Waals surface area contributed by atoms with Crippen LogP contribution in [0.3, 0.4) is 0 Å². The third-order valence-corrected chi connectivity index (χ3v) is 9.05. The molecule has 0 aliphatic rings. The molecule has 239 valence electrons. The largest absolute Gasteiger partial charge is 0.512 e. The molecular weight excluding hydrogens is 755 g/mol. The standard InChI is InChI=1S/C25H20N3S.C13H24O2.Ir/c1-25(2,3)21-12-18(10-16-6-4-5-7-20(16)21)22-13-23(28-15-27-22)19-11-17-8-9-29-24(17)26-14-19;1-5-10(6-2)12(14)9-13(15)11(7-3)8-4;/h4-9,11-15H,1-3H3;9-11,14H,5-8H2,1-4H3;/q-1;;/b;12-9-;. The molecule has 0 saturated heterocycles. The first-order valence-corrected chi connectivity index (χ1v) is 16.5. The predicted octanol–water partition coefficient (Wildman–Crippen LogP) is 10.5. The SMILES string of the molecule is CC(C)(C)c1cc(-c2cc(-c3cnc4sccc4c3)ncn2)[c-]c2ccccc12.CCC(CC)C(=O)/C=C(\O)C(CC)CC.[Ir]. The second-order valence-electron chi connectivity index (χ2n) is 12.2. The fourth-order valence-corrected chi connectivity index (χ4v) is 6.15. The second-order valence-corrected chi connectivity index (χ2v) is 13.1. The van der Waals surface area contributed by atoms with E-state index in [1.807, 2.05) is 40.0 Å². The number of thiophene rings is 1. The first-order valence-electron chi connectivity index (χ1n) is 15.6.